The Morgan fingerprint density at radius 3 is 2.71 bits per heavy atom. The van der Waals surface area contributed by atoms with Gasteiger partial charge >= 0.3 is 0 Å². The Morgan fingerprint density at radius 1 is 1.24 bits per heavy atom. The van der Waals surface area contributed by atoms with Crippen molar-refractivity contribution in [3.05, 3.63) is 41.7 Å². The van der Waals surface area contributed by atoms with Crippen molar-refractivity contribution >= 4 is 11.6 Å². The van der Waals surface area contributed by atoms with Crippen LogP contribution in [-0.4, -0.2) is 9.55 Å². The average Bonchev–Trinajstić information content (AvgIpc) is 2.63. The topological polar surface area (TPSA) is 29.9 Å². The van der Waals surface area contributed by atoms with Crippen LogP contribution in [0.25, 0.3) is 0 Å². The van der Waals surface area contributed by atoms with Gasteiger partial charge in [-0.25, -0.2) is 4.98 Å². The number of aryl methyl sites for hydroxylation is 3. The molecule has 0 atom stereocenters. The normalized spacial score (nSPS) is 10.5. The first kappa shape index (κ1) is 11.7. The summed E-state index contributed by atoms with van der Waals surface area (Å²) in [6.07, 6.45) is 3.20. The first-order chi connectivity index (χ1) is 8.20. The van der Waals surface area contributed by atoms with E-state index in [-0.39, 0.29) is 0 Å². The minimum absolute atomic E-state index is 0.929. The molecule has 0 spiro atoms. The molecule has 3 heteroatoms. The van der Waals surface area contributed by atoms with E-state index in [0.717, 1.165) is 30.3 Å². The van der Waals surface area contributed by atoms with Crippen LogP contribution in [0.15, 0.2) is 30.5 Å². The van der Waals surface area contributed by atoms with Crippen molar-refractivity contribution < 1.29 is 0 Å². The first-order valence-electron chi connectivity index (χ1n) is 6.07. The number of para-hydroxylation sites is 1. The molecule has 0 fully saturated rings. The van der Waals surface area contributed by atoms with E-state index < -0.39 is 0 Å². The molecule has 2 rings (SSSR count). The molecule has 2 aromatic rings. The Bertz CT molecular complexity index is 500. The number of imidazole rings is 1. The van der Waals surface area contributed by atoms with Gasteiger partial charge in [-0.05, 0) is 31.9 Å². The second-order valence-corrected chi connectivity index (χ2v) is 4.34. The van der Waals surface area contributed by atoms with Gasteiger partial charge in [-0.3, -0.25) is 0 Å². The Morgan fingerprint density at radius 2 is 2.00 bits per heavy atom. The van der Waals surface area contributed by atoms with E-state index in [9.17, 15) is 0 Å². The molecule has 90 valence electrons. The van der Waals surface area contributed by atoms with Crippen LogP contribution in [0, 0.1) is 13.8 Å². The van der Waals surface area contributed by atoms with Gasteiger partial charge in [-0.15, -0.1) is 0 Å². The lowest BCUT2D eigenvalue weighted by Gasteiger charge is -2.10. The molecule has 0 aliphatic rings. The summed E-state index contributed by atoms with van der Waals surface area (Å²) < 4.78 is 2.17. The molecule has 17 heavy (non-hydrogen) atoms. The number of nitrogens with one attached hydrogen (secondary N) is 1. The number of hydrogen-bond donors (Lipinski definition) is 1. The number of anilines is 2. The number of aromatic nitrogens is 2. The van der Waals surface area contributed by atoms with Gasteiger partial charge in [0.1, 0.15) is 0 Å². The standard InChI is InChI=1S/C14H19N3/c1-4-9-17-10-12(3)15-14(17)16-13-8-6-5-7-11(13)2/h5-8,10H,4,9H2,1-3H3,(H,15,16). The summed E-state index contributed by atoms with van der Waals surface area (Å²) in [5, 5.41) is 3.40. The van der Waals surface area contributed by atoms with Crippen molar-refractivity contribution in [1.29, 1.82) is 0 Å². The average molecular weight is 229 g/mol. The summed E-state index contributed by atoms with van der Waals surface area (Å²) in [4.78, 5) is 4.52. The van der Waals surface area contributed by atoms with Crippen LogP contribution in [0.5, 0.6) is 0 Å². The minimum Gasteiger partial charge on any atom is -0.325 e. The maximum Gasteiger partial charge on any atom is 0.207 e. The summed E-state index contributed by atoms with van der Waals surface area (Å²) in [6, 6.07) is 8.26. The molecular weight excluding hydrogens is 210 g/mol. The van der Waals surface area contributed by atoms with Crippen LogP contribution in [0.4, 0.5) is 11.6 Å². The summed E-state index contributed by atoms with van der Waals surface area (Å²) >= 11 is 0. The maximum atomic E-state index is 4.52. The highest BCUT2D eigenvalue weighted by molar-refractivity contribution is 5.58. The fourth-order valence-electron chi connectivity index (χ4n) is 1.89. The molecule has 0 unspecified atom stereocenters. The summed E-state index contributed by atoms with van der Waals surface area (Å²) in [7, 11) is 0. The molecule has 1 aromatic heterocycles. The number of hydrogen-bond acceptors (Lipinski definition) is 2. The molecule has 1 N–H and O–H groups in total. The highest BCUT2D eigenvalue weighted by atomic mass is 15.2. The highest BCUT2D eigenvalue weighted by Crippen LogP contribution is 2.19. The first-order valence-corrected chi connectivity index (χ1v) is 6.07. The molecule has 0 saturated carbocycles. The molecule has 0 radical (unpaired) electrons. The molecule has 1 aromatic carbocycles. The predicted molar refractivity (Wildman–Crippen MR) is 71.7 cm³/mol. The predicted octanol–water partition coefficient (Wildman–Crippen LogP) is 3.65. The van der Waals surface area contributed by atoms with Crippen molar-refractivity contribution in [2.45, 2.75) is 33.7 Å². The van der Waals surface area contributed by atoms with Crippen molar-refractivity contribution in [2.75, 3.05) is 5.32 Å². The van der Waals surface area contributed by atoms with Crippen LogP contribution in [0.1, 0.15) is 24.6 Å². The van der Waals surface area contributed by atoms with Gasteiger partial charge in [0, 0.05) is 18.4 Å². The third-order valence-electron chi connectivity index (χ3n) is 2.75. The molecule has 0 saturated heterocycles. The highest BCUT2D eigenvalue weighted by Gasteiger charge is 2.06. The molecule has 0 aliphatic heterocycles. The van der Waals surface area contributed by atoms with Crippen molar-refractivity contribution in [3.63, 3.8) is 0 Å². The Kier molecular flexibility index (Phi) is 3.47. The van der Waals surface area contributed by atoms with E-state index in [1.54, 1.807) is 0 Å². The monoisotopic (exact) mass is 229 g/mol. The van der Waals surface area contributed by atoms with Crippen LogP contribution in [0.2, 0.25) is 0 Å². The summed E-state index contributed by atoms with van der Waals surface area (Å²) in [5.74, 6) is 0.929. The second-order valence-electron chi connectivity index (χ2n) is 4.34. The van der Waals surface area contributed by atoms with Gasteiger partial charge in [0.25, 0.3) is 0 Å². The van der Waals surface area contributed by atoms with Crippen molar-refractivity contribution in [1.82, 2.24) is 9.55 Å². The number of nitrogens with zero attached hydrogens (tertiary/aromatic N) is 2. The molecule has 0 aliphatic carbocycles. The Balaban J connectivity index is 2.26. The Hall–Kier alpha value is -1.77. The largest absolute Gasteiger partial charge is 0.325 e. The molecule has 3 nitrogen and oxygen atoms in total. The van der Waals surface area contributed by atoms with Gasteiger partial charge in [0.2, 0.25) is 5.95 Å². The quantitative estimate of drug-likeness (QED) is 0.867. The van der Waals surface area contributed by atoms with Gasteiger partial charge in [0.05, 0.1) is 5.69 Å². The Labute approximate surface area is 103 Å². The van der Waals surface area contributed by atoms with E-state index in [0.29, 0.717) is 0 Å². The van der Waals surface area contributed by atoms with E-state index in [4.69, 9.17) is 0 Å². The zero-order valence-electron chi connectivity index (χ0n) is 10.7. The zero-order chi connectivity index (χ0) is 12.3. The smallest absolute Gasteiger partial charge is 0.207 e. The van der Waals surface area contributed by atoms with Gasteiger partial charge in [-0.1, -0.05) is 25.1 Å². The van der Waals surface area contributed by atoms with Crippen molar-refractivity contribution in [3.8, 4) is 0 Å². The number of rotatable bonds is 4. The lowest BCUT2D eigenvalue weighted by Crippen LogP contribution is -2.03. The maximum absolute atomic E-state index is 4.52. The van der Waals surface area contributed by atoms with E-state index >= 15 is 0 Å². The van der Waals surface area contributed by atoms with Crippen LogP contribution < -0.4 is 5.32 Å². The lowest BCUT2D eigenvalue weighted by molar-refractivity contribution is 0.686. The summed E-state index contributed by atoms with van der Waals surface area (Å²) in [5.41, 5.74) is 3.40. The minimum atomic E-state index is 0.929. The van der Waals surface area contributed by atoms with Crippen molar-refractivity contribution in [2.24, 2.45) is 0 Å². The SMILES string of the molecule is CCCn1cc(C)nc1Nc1ccccc1C. The van der Waals surface area contributed by atoms with Gasteiger partial charge in [-0.2, -0.15) is 0 Å². The molecular formula is C14H19N3. The van der Waals surface area contributed by atoms with Crippen LogP contribution in [-0.2, 0) is 6.54 Å². The summed E-state index contributed by atoms with van der Waals surface area (Å²) in [6.45, 7) is 7.29. The fraction of sp³-hybridized carbons (Fsp3) is 0.357. The lowest BCUT2D eigenvalue weighted by atomic mass is 10.2. The van der Waals surface area contributed by atoms with Gasteiger partial charge < -0.3 is 9.88 Å². The van der Waals surface area contributed by atoms with Crippen LogP contribution >= 0.6 is 0 Å². The van der Waals surface area contributed by atoms with E-state index in [2.05, 4.69) is 47.0 Å². The molecule has 0 amide bonds. The van der Waals surface area contributed by atoms with Gasteiger partial charge in [0.15, 0.2) is 0 Å². The second kappa shape index (κ2) is 5.04. The zero-order valence-corrected chi connectivity index (χ0v) is 10.7. The molecule has 0 bridgehead atoms. The third kappa shape index (κ3) is 2.67. The third-order valence-corrected chi connectivity index (χ3v) is 2.75. The van der Waals surface area contributed by atoms with E-state index in [1.807, 2.05) is 19.1 Å². The fourth-order valence-corrected chi connectivity index (χ4v) is 1.89. The number of benzene rings is 1. The van der Waals surface area contributed by atoms with Crippen LogP contribution in [0.3, 0.4) is 0 Å². The van der Waals surface area contributed by atoms with E-state index in [1.165, 1.54) is 5.56 Å². The molecule has 1 heterocycles.